The number of hydrogen-bond donors (Lipinski definition) is 2. The first-order valence-electron chi connectivity index (χ1n) is 12.5. The minimum Gasteiger partial charge on any atom is -0.377 e. The van der Waals surface area contributed by atoms with E-state index in [1.807, 2.05) is 45.0 Å². The fraction of sp³-hybridized carbons (Fsp3) is 0.560. The molecule has 0 bridgehead atoms. The summed E-state index contributed by atoms with van der Waals surface area (Å²) in [5, 5.41) is 5.50. The number of anilines is 2. The summed E-state index contributed by atoms with van der Waals surface area (Å²) in [6.45, 7) is 11.0. The number of rotatable bonds is 7. The Morgan fingerprint density at radius 2 is 1.94 bits per heavy atom. The Kier molecular flexibility index (Phi) is 8.11. The molecule has 196 valence electrons. The predicted octanol–water partition coefficient (Wildman–Crippen LogP) is 2.85. The van der Waals surface area contributed by atoms with Gasteiger partial charge in [0, 0.05) is 36.4 Å². The van der Waals surface area contributed by atoms with Gasteiger partial charge in [0.25, 0.3) is 0 Å². The highest BCUT2D eigenvalue weighted by atomic mass is 32.2. The van der Waals surface area contributed by atoms with Gasteiger partial charge in [-0.25, -0.2) is 23.2 Å². The molecule has 0 spiro atoms. The maximum atomic E-state index is 13.0. The lowest BCUT2D eigenvalue weighted by Gasteiger charge is -2.37. The third kappa shape index (κ3) is 5.96. The molecule has 1 fully saturated rings. The Morgan fingerprint density at radius 1 is 1.19 bits per heavy atom. The van der Waals surface area contributed by atoms with Crippen LogP contribution in [0.5, 0.6) is 0 Å². The zero-order valence-electron chi connectivity index (χ0n) is 21.5. The third-order valence-corrected chi connectivity index (χ3v) is 8.51. The predicted molar refractivity (Wildman–Crippen MR) is 141 cm³/mol. The molecular weight excluding hydrogens is 480 g/mol. The SMILES string of the molecule is CCNC(=O)Nc1ccc(-c2nc3c(c(N4CCOC[C@@H]4C)n2)CCN(S(=O)(=O)CC(C)C)C3)cc1. The normalized spacial score (nSPS) is 18.7. The second-order valence-electron chi connectivity index (χ2n) is 9.73. The van der Waals surface area contributed by atoms with E-state index in [2.05, 4.69) is 22.5 Å². The average Bonchev–Trinajstić information content (AvgIpc) is 2.83. The van der Waals surface area contributed by atoms with Gasteiger partial charge in [-0.15, -0.1) is 0 Å². The summed E-state index contributed by atoms with van der Waals surface area (Å²) in [4.78, 5) is 23.9. The third-order valence-electron chi connectivity index (χ3n) is 6.32. The van der Waals surface area contributed by atoms with E-state index in [0.717, 1.165) is 29.2 Å². The van der Waals surface area contributed by atoms with Crippen LogP contribution in [0.25, 0.3) is 11.4 Å². The second-order valence-corrected chi connectivity index (χ2v) is 11.7. The van der Waals surface area contributed by atoms with E-state index in [1.54, 1.807) is 4.31 Å². The van der Waals surface area contributed by atoms with Gasteiger partial charge in [-0.2, -0.15) is 4.31 Å². The van der Waals surface area contributed by atoms with Gasteiger partial charge in [-0.05, 0) is 50.5 Å². The number of carbonyl (C=O) groups excluding carboxylic acids is 1. The molecule has 11 heteroatoms. The molecular formula is C25H36N6O4S. The van der Waals surface area contributed by atoms with Crippen molar-refractivity contribution in [3.05, 3.63) is 35.5 Å². The van der Waals surface area contributed by atoms with E-state index >= 15 is 0 Å². The van der Waals surface area contributed by atoms with Gasteiger partial charge >= 0.3 is 6.03 Å². The summed E-state index contributed by atoms with van der Waals surface area (Å²) in [5.41, 5.74) is 3.22. The van der Waals surface area contributed by atoms with E-state index in [4.69, 9.17) is 14.7 Å². The topological polar surface area (TPSA) is 117 Å². The zero-order chi connectivity index (χ0) is 25.9. The van der Waals surface area contributed by atoms with Crippen molar-refractivity contribution in [2.45, 2.75) is 46.7 Å². The number of urea groups is 1. The number of nitrogens with one attached hydrogen (secondary N) is 2. The molecule has 2 N–H and O–H groups in total. The number of morpholine rings is 1. The lowest BCUT2D eigenvalue weighted by Crippen LogP contribution is -2.46. The van der Waals surface area contributed by atoms with Crippen molar-refractivity contribution in [1.82, 2.24) is 19.6 Å². The molecule has 0 radical (unpaired) electrons. The van der Waals surface area contributed by atoms with Crippen molar-refractivity contribution >= 4 is 27.6 Å². The number of carbonyl (C=O) groups is 1. The minimum absolute atomic E-state index is 0.0497. The van der Waals surface area contributed by atoms with Crippen molar-refractivity contribution in [3.63, 3.8) is 0 Å². The van der Waals surface area contributed by atoms with Gasteiger partial charge in [0.2, 0.25) is 10.0 Å². The molecule has 10 nitrogen and oxygen atoms in total. The Hall–Kier alpha value is -2.76. The number of hydrogen-bond acceptors (Lipinski definition) is 7. The summed E-state index contributed by atoms with van der Waals surface area (Å²) < 4.78 is 33.2. The number of nitrogens with zero attached hydrogens (tertiary/aromatic N) is 4. The van der Waals surface area contributed by atoms with Crippen LogP contribution in [0.15, 0.2) is 24.3 Å². The summed E-state index contributed by atoms with van der Waals surface area (Å²) in [6.07, 6.45) is 0.571. The smallest absolute Gasteiger partial charge is 0.319 e. The standard InChI is InChI=1S/C25H36N6O4S/c1-5-26-25(32)27-20-8-6-19(7-9-20)23-28-22-14-30(36(33,34)16-17(2)3)11-10-21(22)24(29-23)31-12-13-35-15-18(31)4/h6-9,17-18H,5,10-16H2,1-4H3,(H2,26,27,32)/t18-/m0/s1. The van der Waals surface area contributed by atoms with Crippen LogP contribution in [0.3, 0.4) is 0 Å². The molecule has 1 saturated heterocycles. The van der Waals surface area contributed by atoms with Crippen LogP contribution in [-0.2, 0) is 27.7 Å². The lowest BCUT2D eigenvalue weighted by atomic mass is 10.0. The van der Waals surface area contributed by atoms with E-state index < -0.39 is 10.0 Å². The Morgan fingerprint density at radius 3 is 2.61 bits per heavy atom. The van der Waals surface area contributed by atoms with Crippen molar-refractivity contribution in [3.8, 4) is 11.4 Å². The molecule has 1 aromatic heterocycles. The van der Waals surface area contributed by atoms with E-state index in [-0.39, 0.29) is 30.3 Å². The van der Waals surface area contributed by atoms with Gasteiger partial charge < -0.3 is 20.3 Å². The summed E-state index contributed by atoms with van der Waals surface area (Å²) in [5.74, 6) is 1.56. The molecule has 3 heterocycles. The molecule has 0 aliphatic carbocycles. The van der Waals surface area contributed by atoms with Gasteiger partial charge in [0.15, 0.2) is 5.82 Å². The molecule has 1 atom stereocenters. The highest BCUT2D eigenvalue weighted by Gasteiger charge is 2.33. The van der Waals surface area contributed by atoms with Crippen molar-refractivity contribution in [2.24, 2.45) is 5.92 Å². The van der Waals surface area contributed by atoms with Crippen LogP contribution >= 0.6 is 0 Å². The quantitative estimate of drug-likeness (QED) is 0.581. The maximum absolute atomic E-state index is 13.0. The van der Waals surface area contributed by atoms with Crippen LogP contribution in [-0.4, -0.2) is 73.4 Å². The first-order chi connectivity index (χ1) is 17.2. The summed E-state index contributed by atoms with van der Waals surface area (Å²) >= 11 is 0. The van der Waals surface area contributed by atoms with Crippen molar-refractivity contribution in [2.75, 3.05) is 48.8 Å². The van der Waals surface area contributed by atoms with Crippen LogP contribution in [0.2, 0.25) is 0 Å². The number of aromatic nitrogens is 2. The minimum atomic E-state index is -3.38. The fourth-order valence-corrected chi connectivity index (χ4v) is 6.34. The summed E-state index contributed by atoms with van der Waals surface area (Å²) in [7, 11) is -3.38. The summed E-state index contributed by atoms with van der Waals surface area (Å²) in [6, 6.07) is 7.24. The number of sulfonamides is 1. The lowest BCUT2D eigenvalue weighted by molar-refractivity contribution is 0.0984. The van der Waals surface area contributed by atoms with Crippen LogP contribution in [0.1, 0.15) is 39.0 Å². The van der Waals surface area contributed by atoms with Crippen molar-refractivity contribution in [1.29, 1.82) is 0 Å². The van der Waals surface area contributed by atoms with Crippen LogP contribution < -0.4 is 15.5 Å². The van der Waals surface area contributed by atoms with E-state index in [0.29, 0.717) is 44.2 Å². The molecule has 4 rings (SSSR count). The zero-order valence-corrected chi connectivity index (χ0v) is 22.3. The first-order valence-corrected chi connectivity index (χ1v) is 14.2. The van der Waals surface area contributed by atoms with Gasteiger partial charge in [0.05, 0.1) is 37.2 Å². The van der Waals surface area contributed by atoms with Crippen molar-refractivity contribution < 1.29 is 17.9 Å². The average molecular weight is 517 g/mol. The maximum Gasteiger partial charge on any atom is 0.319 e. The van der Waals surface area contributed by atoms with Crippen LogP contribution in [0.4, 0.5) is 16.3 Å². The monoisotopic (exact) mass is 516 g/mol. The number of fused-ring (bicyclic) bond motifs is 1. The van der Waals surface area contributed by atoms with E-state index in [1.165, 1.54) is 0 Å². The fourth-order valence-electron chi connectivity index (χ4n) is 4.60. The highest BCUT2D eigenvalue weighted by Crippen LogP contribution is 2.32. The number of ether oxygens (including phenoxy) is 1. The molecule has 2 aromatic rings. The number of amides is 2. The molecule has 0 unspecified atom stereocenters. The van der Waals surface area contributed by atoms with E-state index in [9.17, 15) is 13.2 Å². The molecule has 2 amide bonds. The number of benzene rings is 1. The molecule has 2 aliphatic heterocycles. The Balaban J connectivity index is 1.70. The first kappa shape index (κ1) is 26.3. The van der Waals surface area contributed by atoms with Gasteiger partial charge in [0.1, 0.15) is 5.82 Å². The van der Waals surface area contributed by atoms with Gasteiger partial charge in [-0.1, -0.05) is 13.8 Å². The Labute approximate surface area is 213 Å². The largest absolute Gasteiger partial charge is 0.377 e. The molecule has 2 aliphatic rings. The second kappa shape index (κ2) is 11.1. The Bertz CT molecular complexity index is 1190. The van der Waals surface area contributed by atoms with Crippen LogP contribution in [0, 0.1) is 5.92 Å². The molecule has 36 heavy (non-hydrogen) atoms. The van der Waals surface area contributed by atoms with Gasteiger partial charge in [-0.3, -0.25) is 0 Å². The highest BCUT2D eigenvalue weighted by molar-refractivity contribution is 7.89. The molecule has 0 saturated carbocycles. The molecule has 1 aromatic carbocycles.